The zero-order valence-corrected chi connectivity index (χ0v) is 16.6. The summed E-state index contributed by atoms with van der Waals surface area (Å²) < 4.78 is 5.23. The van der Waals surface area contributed by atoms with E-state index in [9.17, 15) is 5.11 Å². The van der Waals surface area contributed by atoms with Crippen LogP contribution < -0.4 is 4.74 Å². The van der Waals surface area contributed by atoms with E-state index in [0.717, 1.165) is 29.0 Å². The number of rotatable bonds is 8. The zero-order chi connectivity index (χ0) is 19.2. The van der Waals surface area contributed by atoms with Crippen molar-refractivity contribution in [3.63, 3.8) is 0 Å². The molecular weight excluding hydrogens is 322 g/mol. The lowest BCUT2D eigenvalue weighted by atomic mass is 9.77. The van der Waals surface area contributed by atoms with Gasteiger partial charge < -0.3 is 14.7 Å². The molecule has 2 aromatic rings. The average Bonchev–Trinajstić information content (AvgIpc) is 2.62. The fraction of sp³-hybridized carbons (Fsp3) is 0.391. The van der Waals surface area contributed by atoms with Gasteiger partial charge in [0.15, 0.2) is 0 Å². The molecule has 140 valence electrons. The summed E-state index contributed by atoms with van der Waals surface area (Å²) in [7, 11) is 5.75. The van der Waals surface area contributed by atoms with Crippen LogP contribution in [0.1, 0.15) is 25.0 Å². The van der Waals surface area contributed by atoms with Gasteiger partial charge in [-0.25, -0.2) is 0 Å². The molecular formula is C23H31NO2. The second-order valence-electron chi connectivity index (χ2n) is 7.35. The molecule has 0 saturated heterocycles. The first-order valence-electron chi connectivity index (χ1n) is 9.09. The molecule has 0 saturated carbocycles. The number of hydrogen-bond donors (Lipinski definition) is 1. The van der Waals surface area contributed by atoms with Gasteiger partial charge in [0.1, 0.15) is 5.75 Å². The Bertz CT molecular complexity index is 707. The second-order valence-corrected chi connectivity index (χ2v) is 7.35. The molecule has 0 heterocycles. The standard InChI is InChI=1S/C23H31NO2/c1-18(15-20-11-13-22(26-5)14-12-20)23(25,19(2)17-24(3)4)16-21-9-7-6-8-10-21/h6-15,19,25H,16-17H2,1-5H3. The van der Waals surface area contributed by atoms with Gasteiger partial charge in [0, 0.05) is 18.9 Å². The minimum absolute atomic E-state index is 0.0900. The van der Waals surface area contributed by atoms with Gasteiger partial charge in [0.2, 0.25) is 0 Å². The summed E-state index contributed by atoms with van der Waals surface area (Å²) in [6.07, 6.45) is 2.68. The van der Waals surface area contributed by atoms with Crippen molar-refractivity contribution in [1.82, 2.24) is 4.90 Å². The molecule has 2 aromatic carbocycles. The molecule has 3 nitrogen and oxygen atoms in total. The van der Waals surface area contributed by atoms with Crippen LogP contribution in [0.3, 0.4) is 0 Å². The number of aliphatic hydroxyl groups is 1. The van der Waals surface area contributed by atoms with Gasteiger partial charge in [0.25, 0.3) is 0 Å². The van der Waals surface area contributed by atoms with Crippen LogP contribution in [0.25, 0.3) is 6.08 Å². The Morgan fingerprint density at radius 1 is 1.12 bits per heavy atom. The molecule has 1 N–H and O–H groups in total. The fourth-order valence-corrected chi connectivity index (χ4v) is 3.38. The summed E-state index contributed by atoms with van der Waals surface area (Å²) in [5.41, 5.74) is 2.27. The number of methoxy groups -OCH3 is 1. The third kappa shape index (κ3) is 5.20. The first-order chi connectivity index (χ1) is 12.3. The molecule has 0 aliphatic rings. The lowest BCUT2D eigenvalue weighted by molar-refractivity contribution is 0.0150. The number of hydrogen-bond acceptors (Lipinski definition) is 3. The van der Waals surface area contributed by atoms with Crippen molar-refractivity contribution in [2.45, 2.75) is 25.9 Å². The molecule has 3 heteroatoms. The highest BCUT2D eigenvalue weighted by Gasteiger charge is 2.36. The molecule has 0 aliphatic heterocycles. The minimum Gasteiger partial charge on any atom is -0.497 e. The van der Waals surface area contributed by atoms with E-state index in [-0.39, 0.29) is 5.92 Å². The van der Waals surface area contributed by atoms with Gasteiger partial charge in [-0.05, 0) is 49.9 Å². The van der Waals surface area contributed by atoms with Crippen molar-refractivity contribution in [2.24, 2.45) is 5.92 Å². The number of nitrogens with zero attached hydrogens (tertiary/aromatic N) is 1. The van der Waals surface area contributed by atoms with Gasteiger partial charge in [-0.1, -0.05) is 55.5 Å². The van der Waals surface area contributed by atoms with Gasteiger partial charge in [0.05, 0.1) is 12.7 Å². The van der Waals surface area contributed by atoms with Crippen LogP contribution in [0.15, 0.2) is 60.2 Å². The van der Waals surface area contributed by atoms with E-state index < -0.39 is 5.60 Å². The maximum Gasteiger partial charge on any atom is 0.118 e. The summed E-state index contributed by atoms with van der Waals surface area (Å²) >= 11 is 0. The van der Waals surface area contributed by atoms with Crippen LogP contribution in [0.5, 0.6) is 5.75 Å². The predicted molar refractivity (Wildman–Crippen MR) is 109 cm³/mol. The molecule has 0 bridgehead atoms. The maximum atomic E-state index is 11.7. The predicted octanol–water partition coefficient (Wildman–Crippen LogP) is 4.27. The first kappa shape index (κ1) is 20.2. The van der Waals surface area contributed by atoms with Crippen LogP contribution >= 0.6 is 0 Å². The Kier molecular flexibility index (Phi) is 7.01. The van der Waals surface area contributed by atoms with Crippen LogP contribution in [-0.2, 0) is 6.42 Å². The molecule has 0 amide bonds. The summed E-state index contributed by atoms with van der Waals surface area (Å²) in [6, 6.07) is 18.1. The first-order valence-corrected chi connectivity index (χ1v) is 9.09. The molecule has 0 aliphatic carbocycles. The molecule has 2 unspecified atom stereocenters. The Balaban J connectivity index is 2.35. The minimum atomic E-state index is -0.911. The SMILES string of the molecule is COc1ccc(C=C(C)C(O)(Cc2ccccc2)C(C)CN(C)C)cc1. The molecule has 0 spiro atoms. The van der Waals surface area contributed by atoms with Crippen molar-refractivity contribution < 1.29 is 9.84 Å². The molecule has 0 radical (unpaired) electrons. The summed E-state index contributed by atoms with van der Waals surface area (Å²) in [6.45, 7) is 4.96. The summed E-state index contributed by atoms with van der Waals surface area (Å²) in [4.78, 5) is 2.13. The second kappa shape index (κ2) is 9.02. The van der Waals surface area contributed by atoms with Gasteiger partial charge in [-0.15, -0.1) is 0 Å². The van der Waals surface area contributed by atoms with Crippen molar-refractivity contribution >= 4 is 6.08 Å². The quantitative estimate of drug-likeness (QED) is 0.769. The number of ether oxygens (including phenoxy) is 1. The van der Waals surface area contributed by atoms with Crippen LogP contribution in [-0.4, -0.2) is 43.4 Å². The molecule has 2 atom stereocenters. The highest BCUT2D eigenvalue weighted by molar-refractivity contribution is 5.56. The van der Waals surface area contributed by atoms with E-state index >= 15 is 0 Å². The normalized spacial score (nSPS) is 15.6. The third-order valence-corrected chi connectivity index (χ3v) is 4.95. The van der Waals surface area contributed by atoms with E-state index in [2.05, 4.69) is 30.0 Å². The average molecular weight is 354 g/mol. The van der Waals surface area contributed by atoms with Gasteiger partial charge in [-0.3, -0.25) is 0 Å². The molecule has 2 rings (SSSR count). The van der Waals surface area contributed by atoms with E-state index in [1.807, 2.05) is 63.5 Å². The third-order valence-electron chi connectivity index (χ3n) is 4.95. The monoisotopic (exact) mass is 353 g/mol. The van der Waals surface area contributed by atoms with Crippen LogP contribution in [0.2, 0.25) is 0 Å². The lowest BCUT2D eigenvalue weighted by Gasteiger charge is -2.37. The van der Waals surface area contributed by atoms with Crippen molar-refractivity contribution in [3.8, 4) is 5.75 Å². The largest absolute Gasteiger partial charge is 0.497 e. The highest BCUT2D eigenvalue weighted by atomic mass is 16.5. The van der Waals surface area contributed by atoms with Crippen molar-refractivity contribution in [1.29, 1.82) is 0 Å². The molecule has 26 heavy (non-hydrogen) atoms. The van der Waals surface area contributed by atoms with Crippen molar-refractivity contribution in [2.75, 3.05) is 27.7 Å². The Morgan fingerprint density at radius 3 is 2.27 bits per heavy atom. The highest BCUT2D eigenvalue weighted by Crippen LogP contribution is 2.32. The van der Waals surface area contributed by atoms with Gasteiger partial charge in [-0.2, -0.15) is 0 Å². The lowest BCUT2D eigenvalue weighted by Crippen LogP contribution is -2.44. The summed E-state index contributed by atoms with van der Waals surface area (Å²) in [5.74, 6) is 0.924. The fourth-order valence-electron chi connectivity index (χ4n) is 3.38. The topological polar surface area (TPSA) is 32.7 Å². The number of benzene rings is 2. The van der Waals surface area contributed by atoms with E-state index in [0.29, 0.717) is 6.42 Å². The smallest absolute Gasteiger partial charge is 0.118 e. The van der Waals surface area contributed by atoms with Crippen LogP contribution in [0, 0.1) is 5.92 Å². The zero-order valence-electron chi connectivity index (χ0n) is 16.6. The maximum absolute atomic E-state index is 11.7. The van der Waals surface area contributed by atoms with E-state index in [1.165, 1.54) is 0 Å². The summed E-state index contributed by atoms with van der Waals surface area (Å²) in [5, 5.41) is 11.7. The van der Waals surface area contributed by atoms with Gasteiger partial charge >= 0.3 is 0 Å². The van der Waals surface area contributed by atoms with E-state index in [1.54, 1.807) is 7.11 Å². The van der Waals surface area contributed by atoms with E-state index in [4.69, 9.17) is 4.74 Å². The van der Waals surface area contributed by atoms with Crippen LogP contribution in [0.4, 0.5) is 0 Å². The Morgan fingerprint density at radius 2 is 1.73 bits per heavy atom. The molecule has 0 aromatic heterocycles. The molecule has 0 fully saturated rings. The Hall–Kier alpha value is -2.10. The Labute approximate surface area is 157 Å². The van der Waals surface area contributed by atoms with Crippen molar-refractivity contribution in [3.05, 3.63) is 71.3 Å².